The fourth-order valence-corrected chi connectivity index (χ4v) is 4.73. The molecule has 1 unspecified atom stereocenters. The molecule has 2 aromatic carbocycles. The minimum atomic E-state index is -0.850. The molecule has 0 aromatic heterocycles. The third-order valence-electron chi connectivity index (χ3n) is 6.49. The van der Waals surface area contributed by atoms with E-state index in [1.165, 1.54) is 0 Å². The van der Waals surface area contributed by atoms with Crippen LogP contribution in [0.3, 0.4) is 0 Å². The molecule has 0 aliphatic carbocycles. The van der Waals surface area contributed by atoms with E-state index in [1.54, 1.807) is 24.3 Å². The van der Waals surface area contributed by atoms with E-state index in [4.69, 9.17) is 0 Å². The first kappa shape index (κ1) is 24.6. The fourth-order valence-electron chi connectivity index (χ4n) is 4.73. The van der Waals surface area contributed by atoms with Gasteiger partial charge in [-0.1, -0.05) is 44.2 Å². The molecule has 2 N–H and O–H groups in total. The molecule has 8 nitrogen and oxygen atoms in total. The summed E-state index contributed by atoms with van der Waals surface area (Å²) in [6, 6.07) is 15.1. The molecule has 2 aliphatic heterocycles. The number of anilines is 1. The van der Waals surface area contributed by atoms with Gasteiger partial charge in [0, 0.05) is 24.8 Å². The maximum Gasteiger partial charge on any atom is 0.262 e. The molecule has 0 bridgehead atoms. The number of carbonyl (C=O) groups is 4. The Hall–Kier alpha value is -3.52. The number of benzene rings is 2. The van der Waals surface area contributed by atoms with E-state index in [-0.39, 0.29) is 23.8 Å². The zero-order valence-electron chi connectivity index (χ0n) is 20.2. The third-order valence-corrected chi connectivity index (χ3v) is 6.49. The Kier molecular flexibility index (Phi) is 7.60. The van der Waals surface area contributed by atoms with Gasteiger partial charge in [-0.25, -0.2) is 0 Å². The molecular formula is C27H32N4O4. The first-order valence-electron chi connectivity index (χ1n) is 12.2. The Morgan fingerprint density at radius 3 is 2.06 bits per heavy atom. The highest BCUT2D eigenvalue weighted by Crippen LogP contribution is 2.27. The Bertz CT molecular complexity index is 1060. The quantitative estimate of drug-likeness (QED) is 0.571. The Morgan fingerprint density at radius 1 is 0.914 bits per heavy atom. The molecular weight excluding hydrogens is 444 g/mol. The Morgan fingerprint density at radius 2 is 1.49 bits per heavy atom. The van der Waals surface area contributed by atoms with Gasteiger partial charge in [0.15, 0.2) is 0 Å². The van der Waals surface area contributed by atoms with Crippen LogP contribution in [0, 0.1) is 5.92 Å². The average molecular weight is 477 g/mol. The second-order valence-corrected chi connectivity index (χ2v) is 9.64. The van der Waals surface area contributed by atoms with E-state index in [0.29, 0.717) is 50.0 Å². The van der Waals surface area contributed by atoms with Crippen molar-refractivity contribution in [3.05, 3.63) is 65.7 Å². The van der Waals surface area contributed by atoms with Crippen LogP contribution in [0.4, 0.5) is 5.69 Å². The van der Waals surface area contributed by atoms with Crippen molar-refractivity contribution in [3.63, 3.8) is 0 Å². The summed E-state index contributed by atoms with van der Waals surface area (Å²) in [6.07, 6.45) is 1.79. The molecule has 2 aliphatic rings. The second kappa shape index (κ2) is 10.8. The Labute approximate surface area is 205 Å². The lowest BCUT2D eigenvalue weighted by Gasteiger charge is -2.34. The van der Waals surface area contributed by atoms with Crippen LogP contribution in [0.1, 0.15) is 53.8 Å². The van der Waals surface area contributed by atoms with Crippen molar-refractivity contribution in [1.82, 2.24) is 15.1 Å². The topological polar surface area (TPSA) is 98.8 Å². The van der Waals surface area contributed by atoms with E-state index in [1.807, 2.05) is 44.2 Å². The molecule has 2 aromatic rings. The van der Waals surface area contributed by atoms with Gasteiger partial charge < -0.3 is 10.6 Å². The van der Waals surface area contributed by atoms with E-state index >= 15 is 0 Å². The molecule has 35 heavy (non-hydrogen) atoms. The smallest absolute Gasteiger partial charge is 0.262 e. The number of likely N-dealkylation sites (tertiary alicyclic amines) is 1. The van der Waals surface area contributed by atoms with Crippen molar-refractivity contribution in [2.45, 2.75) is 45.2 Å². The van der Waals surface area contributed by atoms with Crippen LogP contribution in [-0.2, 0) is 9.59 Å². The summed E-state index contributed by atoms with van der Waals surface area (Å²) in [6.45, 7) is 5.58. The van der Waals surface area contributed by atoms with Crippen molar-refractivity contribution in [2.24, 2.45) is 5.92 Å². The number of rotatable bonds is 8. The van der Waals surface area contributed by atoms with Crippen LogP contribution < -0.4 is 10.6 Å². The van der Waals surface area contributed by atoms with Crippen LogP contribution in [-0.4, -0.2) is 65.1 Å². The normalized spacial score (nSPS) is 17.4. The number of amides is 4. The molecule has 0 spiro atoms. The van der Waals surface area contributed by atoms with Crippen molar-refractivity contribution < 1.29 is 19.2 Å². The van der Waals surface area contributed by atoms with Gasteiger partial charge in [0.2, 0.25) is 11.8 Å². The van der Waals surface area contributed by atoms with Crippen molar-refractivity contribution in [3.8, 4) is 0 Å². The number of imide groups is 1. The van der Waals surface area contributed by atoms with Gasteiger partial charge in [0.05, 0.1) is 17.7 Å². The second-order valence-electron chi connectivity index (χ2n) is 9.64. The standard InChI is InChI=1S/C27H32N4O4/c1-18(2)16-23(31-26(34)21-10-6-7-11-22(21)27(31)35)25(33)29-20-12-14-30(15-13-20)17-24(32)28-19-8-4-3-5-9-19/h3-11,18,20,23H,12-17H2,1-2H3,(H,28,32)(H,29,33). The molecule has 184 valence electrons. The molecule has 0 radical (unpaired) electrons. The Balaban J connectivity index is 1.33. The number of nitrogens with zero attached hydrogens (tertiary/aromatic N) is 2. The van der Waals surface area contributed by atoms with Crippen molar-refractivity contribution >= 4 is 29.3 Å². The third kappa shape index (κ3) is 5.77. The highest BCUT2D eigenvalue weighted by Gasteiger charge is 2.43. The number of hydrogen-bond donors (Lipinski definition) is 2. The predicted molar refractivity (Wildman–Crippen MR) is 133 cm³/mol. The number of para-hydroxylation sites is 1. The molecule has 4 amide bonds. The highest BCUT2D eigenvalue weighted by atomic mass is 16.2. The summed E-state index contributed by atoms with van der Waals surface area (Å²) in [5.74, 6) is -1.06. The first-order valence-corrected chi connectivity index (χ1v) is 12.2. The molecule has 4 rings (SSSR count). The predicted octanol–water partition coefficient (Wildman–Crippen LogP) is 2.92. The summed E-state index contributed by atoms with van der Waals surface area (Å²) in [5, 5.41) is 5.96. The van der Waals surface area contributed by atoms with Crippen LogP contribution in [0.25, 0.3) is 0 Å². The van der Waals surface area contributed by atoms with Gasteiger partial charge in [0.1, 0.15) is 6.04 Å². The minimum Gasteiger partial charge on any atom is -0.351 e. The lowest BCUT2D eigenvalue weighted by Crippen LogP contribution is -2.54. The monoisotopic (exact) mass is 476 g/mol. The zero-order chi connectivity index (χ0) is 24.9. The largest absolute Gasteiger partial charge is 0.351 e. The van der Waals surface area contributed by atoms with E-state index in [2.05, 4.69) is 15.5 Å². The molecule has 1 atom stereocenters. The number of carbonyl (C=O) groups excluding carboxylic acids is 4. The molecule has 1 fully saturated rings. The van der Waals surface area contributed by atoms with Gasteiger partial charge in [-0.3, -0.25) is 29.0 Å². The first-order chi connectivity index (χ1) is 16.8. The maximum absolute atomic E-state index is 13.3. The van der Waals surface area contributed by atoms with Crippen LogP contribution >= 0.6 is 0 Å². The summed E-state index contributed by atoms with van der Waals surface area (Å²) < 4.78 is 0. The van der Waals surface area contributed by atoms with Crippen molar-refractivity contribution in [2.75, 3.05) is 25.0 Å². The van der Waals surface area contributed by atoms with Gasteiger partial charge >= 0.3 is 0 Å². The molecule has 8 heteroatoms. The molecule has 0 saturated carbocycles. The number of piperidine rings is 1. The maximum atomic E-state index is 13.3. The van der Waals surface area contributed by atoms with E-state index in [0.717, 1.165) is 10.6 Å². The average Bonchev–Trinajstić information content (AvgIpc) is 3.09. The van der Waals surface area contributed by atoms with Crippen molar-refractivity contribution in [1.29, 1.82) is 0 Å². The van der Waals surface area contributed by atoms with E-state index in [9.17, 15) is 19.2 Å². The highest BCUT2D eigenvalue weighted by molar-refractivity contribution is 6.22. The van der Waals surface area contributed by atoms with Crippen LogP contribution in [0.15, 0.2) is 54.6 Å². The van der Waals surface area contributed by atoms with Gasteiger partial charge in [0.25, 0.3) is 11.8 Å². The molecule has 2 heterocycles. The van der Waals surface area contributed by atoms with Gasteiger partial charge in [-0.05, 0) is 49.4 Å². The minimum absolute atomic E-state index is 0.0682. The summed E-state index contributed by atoms with van der Waals surface area (Å²) in [7, 11) is 0. The van der Waals surface area contributed by atoms with Gasteiger partial charge in [-0.2, -0.15) is 0 Å². The number of nitrogens with one attached hydrogen (secondary N) is 2. The van der Waals surface area contributed by atoms with Crippen LogP contribution in [0.2, 0.25) is 0 Å². The summed E-state index contributed by atoms with van der Waals surface area (Å²) in [5.41, 5.74) is 1.46. The lowest BCUT2D eigenvalue weighted by molar-refractivity contribution is -0.126. The zero-order valence-corrected chi connectivity index (χ0v) is 20.2. The number of hydrogen-bond acceptors (Lipinski definition) is 5. The summed E-state index contributed by atoms with van der Waals surface area (Å²) in [4.78, 5) is 54.8. The SMILES string of the molecule is CC(C)CC(C(=O)NC1CCN(CC(=O)Nc2ccccc2)CC1)N1C(=O)c2ccccc2C1=O. The molecule has 1 saturated heterocycles. The number of fused-ring (bicyclic) bond motifs is 1. The van der Waals surface area contributed by atoms with Gasteiger partial charge in [-0.15, -0.1) is 0 Å². The summed E-state index contributed by atoms with van der Waals surface area (Å²) >= 11 is 0. The van der Waals surface area contributed by atoms with E-state index < -0.39 is 17.9 Å². The fraction of sp³-hybridized carbons (Fsp3) is 0.407. The lowest BCUT2D eigenvalue weighted by atomic mass is 9.99. The van der Waals surface area contributed by atoms with Crippen LogP contribution in [0.5, 0.6) is 0 Å².